The van der Waals surface area contributed by atoms with E-state index in [1.54, 1.807) is 12.1 Å². The van der Waals surface area contributed by atoms with E-state index in [1.165, 1.54) is 19.2 Å². The first-order valence-electron chi connectivity index (χ1n) is 6.80. The summed E-state index contributed by atoms with van der Waals surface area (Å²) in [6, 6.07) is 5.09. The van der Waals surface area contributed by atoms with Crippen LogP contribution in [-0.2, 0) is 25.5 Å². The lowest BCUT2D eigenvalue weighted by atomic mass is 10.0. The van der Waals surface area contributed by atoms with Crippen molar-refractivity contribution < 1.29 is 23.5 Å². The maximum absolute atomic E-state index is 13.2. The summed E-state index contributed by atoms with van der Waals surface area (Å²) < 4.78 is 23.0. The van der Waals surface area contributed by atoms with Gasteiger partial charge in [-0.3, -0.25) is 4.79 Å². The Balaban J connectivity index is 2.03. The minimum absolute atomic E-state index is 0.184. The summed E-state index contributed by atoms with van der Waals surface area (Å²) in [5, 5.41) is 2.66. The molecule has 1 amide bonds. The molecule has 0 aromatic heterocycles. The second kappa shape index (κ2) is 7.17. The molecular weight excluding hydrogens is 277 g/mol. The van der Waals surface area contributed by atoms with E-state index >= 15 is 0 Å². The van der Waals surface area contributed by atoms with Gasteiger partial charge >= 0.3 is 5.97 Å². The first-order chi connectivity index (χ1) is 10.1. The molecule has 0 aliphatic carbocycles. The molecule has 1 aromatic carbocycles. The smallest absolute Gasteiger partial charge is 0.328 e. The number of carbonyl (C=O) groups is 2. The molecule has 114 valence electrons. The van der Waals surface area contributed by atoms with Crippen LogP contribution in [0, 0.1) is 11.7 Å². The van der Waals surface area contributed by atoms with Crippen molar-refractivity contribution >= 4 is 11.9 Å². The number of esters is 1. The molecule has 1 N–H and O–H groups in total. The van der Waals surface area contributed by atoms with E-state index in [9.17, 15) is 14.0 Å². The number of carbonyl (C=O) groups excluding carboxylic acids is 2. The Morgan fingerprint density at radius 3 is 2.95 bits per heavy atom. The van der Waals surface area contributed by atoms with Crippen molar-refractivity contribution in [1.29, 1.82) is 0 Å². The number of hydrogen-bond donors (Lipinski definition) is 1. The molecule has 1 heterocycles. The third kappa shape index (κ3) is 4.26. The summed E-state index contributed by atoms with van der Waals surface area (Å²) in [5.41, 5.74) is 0.619. The fourth-order valence-corrected chi connectivity index (χ4v) is 2.27. The van der Waals surface area contributed by atoms with Gasteiger partial charge in [-0.1, -0.05) is 12.1 Å². The molecule has 1 saturated heterocycles. The van der Waals surface area contributed by atoms with Gasteiger partial charge in [-0.15, -0.1) is 0 Å². The summed E-state index contributed by atoms with van der Waals surface area (Å²) in [4.78, 5) is 23.8. The molecule has 0 bridgehead atoms. The quantitative estimate of drug-likeness (QED) is 0.825. The van der Waals surface area contributed by atoms with E-state index in [0.29, 0.717) is 25.2 Å². The molecule has 5 nitrogen and oxygen atoms in total. The maximum Gasteiger partial charge on any atom is 0.328 e. The number of halogens is 1. The van der Waals surface area contributed by atoms with Crippen molar-refractivity contribution in [2.24, 2.45) is 5.92 Å². The molecule has 0 radical (unpaired) electrons. The maximum atomic E-state index is 13.2. The van der Waals surface area contributed by atoms with E-state index in [2.05, 4.69) is 5.32 Å². The molecule has 1 fully saturated rings. The SMILES string of the molecule is COC(=O)[C@@H](Cc1cccc(F)c1)NC(=O)[C@H]1CCOC1. The number of hydrogen-bond acceptors (Lipinski definition) is 4. The Morgan fingerprint density at radius 1 is 1.52 bits per heavy atom. The van der Waals surface area contributed by atoms with Crippen molar-refractivity contribution in [3.05, 3.63) is 35.6 Å². The second-order valence-corrected chi connectivity index (χ2v) is 4.98. The number of amides is 1. The fraction of sp³-hybridized carbons (Fsp3) is 0.467. The Kier molecular flexibility index (Phi) is 5.27. The van der Waals surface area contributed by atoms with Gasteiger partial charge in [0.1, 0.15) is 11.9 Å². The molecule has 2 atom stereocenters. The van der Waals surface area contributed by atoms with Gasteiger partial charge in [0.2, 0.25) is 5.91 Å². The first-order valence-corrected chi connectivity index (χ1v) is 6.80. The topological polar surface area (TPSA) is 64.6 Å². The Hall–Kier alpha value is -1.95. The van der Waals surface area contributed by atoms with E-state index in [1.807, 2.05) is 0 Å². The molecule has 0 unspecified atom stereocenters. The third-order valence-corrected chi connectivity index (χ3v) is 3.43. The number of rotatable bonds is 5. The Morgan fingerprint density at radius 2 is 2.33 bits per heavy atom. The van der Waals surface area contributed by atoms with E-state index < -0.39 is 12.0 Å². The molecule has 0 spiro atoms. The van der Waals surface area contributed by atoms with Crippen LogP contribution >= 0.6 is 0 Å². The van der Waals surface area contributed by atoms with Crippen molar-refractivity contribution in [3.8, 4) is 0 Å². The molecule has 1 aromatic rings. The standard InChI is InChI=1S/C15H18FNO4/c1-20-15(19)13(8-10-3-2-4-12(16)7-10)17-14(18)11-5-6-21-9-11/h2-4,7,11,13H,5-6,8-9H2,1H3,(H,17,18)/t11-,13+/m0/s1. The minimum atomic E-state index is -0.829. The molecule has 2 rings (SSSR count). The van der Waals surface area contributed by atoms with Crippen LogP contribution < -0.4 is 5.32 Å². The van der Waals surface area contributed by atoms with E-state index in [0.717, 1.165) is 0 Å². The minimum Gasteiger partial charge on any atom is -0.467 e. The average Bonchev–Trinajstić information content (AvgIpc) is 3.00. The van der Waals surface area contributed by atoms with Crippen LogP contribution in [0.25, 0.3) is 0 Å². The van der Waals surface area contributed by atoms with Crippen molar-refractivity contribution in [2.45, 2.75) is 18.9 Å². The van der Waals surface area contributed by atoms with Crippen molar-refractivity contribution in [2.75, 3.05) is 20.3 Å². The first kappa shape index (κ1) is 15.4. The van der Waals surface area contributed by atoms with Gasteiger partial charge in [0, 0.05) is 13.0 Å². The number of methoxy groups -OCH3 is 1. The van der Waals surface area contributed by atoms with Crippen LogP contribution in [0.2, 0.25) is 0 Å². The third-order valence-electron chi connectivity index (χ3n) is 3.43. The molecule has 0 saturated carbocycles. The van der Waals surface area contributed by atoms with Crippen LogP contribution in [0.3, 0.4) is 0 Å². The van der Waals surface area contributed by atoms with Crippen LogP contribution in [0.4, 0.5) is 4.39 Å². The summed E-state index contributed by atoms with van der Waals surface area (Å²) in [6.07, 6.45) is 0.823. The summed E-state index contributed by atoms with van der Waals surface area (Å²) in [6.45, 7) is 0.907. The summed E-state index contributed by atoms with van der Waals surface area (Å²) in [5.74, 6) is -1.41. The van der Waals surface area contributed by atoms with Gasteiger partial charge < -0.3 is 14.8 Å². The lowest BCUT2D eigenvalue weighted by molar-refractivity contribution is -0.145. The second-order valence-electron chi connectivity index (χ2n) is 4.98. The van der Waals surface area contributed by atoms with Gasteiger partial charge in [-0.2, -0.15) is 0 Å². The molecule has 21 heavy (non-hydrogen) atoms. The zero-order valence-corrected chi connectivity index (χ0v) is 11.8. The molecule has 1 aliphatic heterocycles. The van der Waals surface area contributed by atoms with Crippen molar-refractivity contribution in [3.63, 3.8) is 0 Å². The van der Waals surface area contributed by atoms with Gasteiger partial charge in [-0.05, 0) is 24.1 Å². The Bertz CT molecular complexity index is 514. The number of nitrogens with one attached hydrogen (secondary N) is 1. The largest absolute Gasteiger partial charge is 0.467 e. The van der Waals surface area contributed by atoms with Gasteiger partial charge in [-0.25, -0.2) is 9.18 Å². The van der Waals surface area contributed by atoms with Gasteiger partial charge in [0.05, 0.1) is 19.6 Å². The average molecular weight is 295 g/mol. The van der Waals surface area contributed by atoms with Gasteiger partial charge in [0.15, 0.2) is 0 Å². The van der Waals surface area contributed by atoms with Crippen LogP contribution in [-0.4, -0.2) is 38.2 Å². The highest BCUT2D eigenvalue weighted by Crippen LogP contribution is 2.14. The lowest BCUT2D eigenvalue weighted by Crippen LogP contribution is -2.45. The zero-order valence-electron chi connectivity index (χ0n) is 11.8. The summed E-state index contributed by atoms with van der Waals surface area (Å²) in [7, 11) is 1.26. The van der Waals surface area contributed by atoms with Crippen LogP contribution in [0.15, 0.2) is 24.3 Å². The molecular formula is C15H18FNO4. The highest BCUT2D eigenvalue weighted by atomic mass is 19.1. The zero-order chi connectivity index (χ0) is 15.2. The monoisotopic (exact) mass is 295 g/mol. The van der Waals surface area contributed by atoms with Gasteiger partial charge in [0.25, 0.3) is 0 Å². The number of ether oxygens (including phenoxy) is 2. The highest BCUT2D eigenvalue weighted by molar-refractivity contribution is 5.86. The molecule has 6 heteroatoms. The highest BCUT2D eigenvalue weighted by Gasteiger charge is 2.28. The van der Waals surface area contributed by atoms with Crippen LogP contribution in [0.1, 0.15) is 12.0 Å². The summed E-state index contributed by atoms with van der Waals surface area (Å²) >= 11 is 0. The fourth-order valence-electron chi connectivity index (χ4n) is 2.27. The Labute approximate surface area is 122 Å². The lowest BCUT2D eigenvalue weighted by Gasteiger charge is -2.18. The van der Waals surface area contributed by atoms with Crippen molar-refractivity contribution in [1.82, 2.24) is 5.32 Å². The number of benzene rings is 1. The normalized spacial score (nSPS) is 19.0. The van der Waals surface area contributed by atoms with E-state index in [-0.39, 0.29) is 24.1 Å². The molecule has 1 aliphatic rings. The van der Waals surface area contributed by atoms with Crippen LogP contribution in [0.5, 0.6) is 0 Å². The predicted octanol–water partition coefficient (Wildman–Crippen LogP) is 1.06. The van der Waals surface area contributed by atoms with E-state index in [4.69, 9.17) is 9.47 Å². The predicted molar refractivity (Wildman–Crippen MR) is 73.0 cm³/mol.